The van der Waals surface area contributed by atoms with Crippen LogP contribution in [0.2, 0.25) is 0 Å². The number of guanidine groups is 1. The summed E-state index contributed by atoms with van der Waals surface area (Å²) in [6.07, 6.45) is 0.427. The largest absolute Gasteiger partial charge is 0.480 e. The molecule has 0 aromatic heterocycles. The van der Waals surface area contributed by atoms with Crippen LogP contribution in [0.25, 0.3) is 0 Å². The summed E-state index contributed by atoms with van der Waals surface area (Å²) in [6.45, 7) is 6.51. The third-order valence-corrected chi connectivity index (χ3v) is 10.8. The van der Waals surface area contributed by atoms with Gasteiger partial charge in [0.2, 0.25) is 53.2 Å². The monoisotopic (exact) mass is 903 g/mol. The van der Waals surface area contributed by atoms with Gasteiger partial charge in [-0.3, -0.25) is 48.1 Å². The maximum Gasteiger partial charge on any atom is 0.326 e. The molecule has 0 aromatic rings. The fourth-order valence-corrected chi connectivity index (χ4v) is 7.44. The number of nitrogens with zero attached hydrogens (tertiary/aromatic N) is 1. The predicted molar refractivity (Wildman–Crippen MR) is 227 cm³/mol. The molecule has 1 aliphatic rings. The number of amides is 9. The number of carbonyl (C=O) groups is 10. The zero-order valence-electron chi connectivity index (χ0n) is 34.9. The Hall–Kier alpha value is -5.37. The van der Waals surface area contributed by atoms with E-state index in [-0.39, 0.29) is 61.5 Å². The van der Waals surface area contributed by atoms with Crippen LogP contribution in [0, 0.1) is 11.8 Å². The van der Waals surface area contributed by atoms with Crippen LogP contribution in [0.1, 0.15) is 60.3 Å². The van der Waals surface area contributed by atoms with E-state index in [4.69, 9.17) is 17.2 Å². The molecule has 26 heteroatoms. The quantitative estimate of drug-likeness (QED) is 0.0316. The van der Waals surface area contributed by atoms with Crippen molar-refractivity contribution < 1.29 is 53.1 Å². The minimum absolute atomic E-state index is 0.00674. The molecule has 0 saturated carbocycles. The van der Waals surface area contributed by atoms with Gasteiger partial charge in [-0.15, -0.1) is 0 Å². The Morgan fingerprint density at radius 1 is 0.721 bits per heavy atom. The Bertz CT molecular complexity index is 1600. The molecule has 0 unspecified atom stereocenters. The molecule has 0 aliphatic carbocycles. The van der Waals surface area contributed by atoms with Gasteiger partial charge in [0.05, 0.1) is 32.2 Å². The minimum Gasteiger partial charge on any atom is -0.480 e. The average molecular weight is 904 g/mol. The summed E-state index contributed by atoms with van der Waals surface area (Å²) in [5, 5.41) is 31.5. The Morgan fingerprint density at radius 3 is 1.82 bits per heavy atom. The summed E-state index contributed by atoms with van der Waals surface area (Å²) in [7, 11) is 2.12. The molecule has 1 rings (SSSR count). The van der Waals surface area contributed by atoms with E-state index in [0.29, 0.717) is 0 Å². The van der Waals surface area contributed by atoms with E-state index in [1.165, 1.54) is 6.92 Å². The van der Waals surface area contributed by atoms with Crippen molar-refractivity contribution in [1.29, 1.82) is 0 Å². The predicted octanol–water partition coefficient (Wildman–Crippen LogP) is -5.15. The van der Waals surface area contributed by atoms with Crippen LogP contribution < -0.4 is 65.1 Å². The van der Waals surface area contributed by atoms with Crippen molar-refractivity contribution in [3.8, 4) is 0 Å². The molecular formula is C35H61N13O11S2. The maximum atomic E-state index is 13.9. The molecule has 61 heavy (non-hydrogen) atoms. The number of hydrogen-bond acceptors (Lipinski definition) is 14. The number of nitrogens with one attached hydrogen (secondary N) is 9. The second-order valence-electron chi connectivity index (χ2n) is 14.8. The molecule has 1 aliphatic heterocycles. The maximum absolute atomic E-state index is 13.9. The summed E-state index contributed by atoms with van der Waals surface area (Å²) < 4.78 is 0. The highest BCUT2D eigenvalue weighted by Gasteiger charge is 2.32. The molecule has 0 spiro atoms. The fourth-order valence-electron chi connectivity index (χ4n) is 5.15. The fraction of sp³-hybridized carbons (Fsp3) is 0.686. The van der Waals surface area contributed by atoms with Gasteiger partial charge in [-0.2, -0.15) is 0 Å². The Kier molecular flexibility index (Phi) is 24.8. The normalized spacial score (nSPS) is 20.8. The SMILES string of the molecule is CC(C)C[C@@H]1NC(=O)CNC(=O)CNC(=O)CNC(=O)CNC(=O)[C@@H](N)CSSC[C@@H](C(=O)N[C@@H](CC(C)C)C(=O)N[C@@H](C)C(=O)N[C@@H](CCCN=C(N)N)C(=O)O)NC1=O. The number of carboxylic acids is 1. The highest BCUT2D eigenvalue weighted by molar-refractivity contribution is 8.76. The number of aliphatic carboxylic acids is 1. The molecule has 1 fully saturated rings. The van der Waals surface area contributed by atoms with Crippen LogP contribution in [0.15, 0.2) is 4.99 Å². The molecule has 16 N–H and O–H groups in total. The lowest BCUT2D eigenvalue weighted by Gasteiger charge is -2.27. The third-order valence-electron chi connectivity index (χ3n) is 8.31. The van der Waals surface area contributed by atoms with Crippen molar-refractivity contribution in [2.24, 2.45) is 34.0 Å². The molecule has 344 valence electrons. The van der Waals surface area contributed by atoms with Gasteiger partial charge in [-0.05, 0) is 44.4 Å². The van der Waals surface area contributed by atoms with E-state index >= 15 is 0 Å². The molecule has 0 aromatic carbocycles. The van der Waals surface area contributed by atoms with Crippen LogP contribution >= 0.6 is 21.6 Å². The summed E-state index contributed by atoms with van der Waals surface area (Å²) >= 11 is 0. The molecular weight excluding hydrogens is 843 g/mol. The van der Waals surface area contributed by atoms with E-state index in [1.54, 1.807) is 27.7 Å². The molecule has 24 nitrogen and oxygen atoms in total. The van der Waals surface area contributed by atoms with Crippen molar-refractivity contribution in [3.63, 3.8) is 0 Å². The van der Waals surface area contributed by atoms with Gasteiger partial charge in [0, 0.05) is 18.1 Å². The van der Waals surface area contributed by atoms with Crippen LogP contribution in [0.4, 0.5) is 0 Å². The van der Waals surface area contributed by atoms with Gasteiger partial charge in [0.1, 0.15) is 30.2 Å². The van der Waals surface area contributed by atoms with Crippen molar-refractivity contribution in [1.82, 2.24) is 47.9 Å². The Morgan fingerprint density at radius 2 is 1.28 bits per heavy atom. The van der Waals surface area contributed by atoms with Gasteiger partial charge >= 0.3 is 5.97 Å². The summed E-state index contributed by atoms with van der Waals surface area (Å²) in [6, 6.07) is -7.43. The smallest absolute Gasteiger partial charge is 0.326 e. The van der Waals surface area contributed by atoms with Crippen LogP contribution in [-0.2, 0) is 47.9 Å². The van der Waals surface area contributed by atoms with Gasteiger partial charge in [-0.1, -0.05) is 49.3 Å². The first kappa shape index (κ1) is 53.6. The first-order valence-corrected chi connectivity index (χ1v) is 21.9. The number of carboxylic acid groups (broad SMARTS) is 1. The van der Waals surface area contributed by atoms with Crippen LogP contribution in [0.5, 0.6) is 0 Å². The first-order valence-electron chi connectivity index (χ1n) is 19.5. The zero-order valence-corrected chi connectivity index (χ0v) is 36.6. The minimum atomic E-state index is -1.34. The van der Waals surface area contributed by atoms with Crippen molar-refractivity contribution in [3.05, 3.63) is 0 Å². The van der Waals surface area contributed by atoms with Gasteiger partial charge in [-0.25, -0.2) is 4.79 Å². The lowest BCUT2D eigenvalue weighted by Crippen LogP contribution is -2.59. The van der Waals surface area contributed by atoms with Gasteiger partial charge < -0.3 is 70.2 Å². The van der Waals surface area contributed by atoms with Crippen molar-refractivity contribution in [2.75, 3.05) is 44.2 Å². The van der Waals surface area contributed by atoms with Gasteiger partial charge in [0.15, 0.2) is 5.96 Å². The first-order chi connectivity index (χ1) is 28.6. The van der Waals surface area contributed by atoms with E-state index in [9.17, 15) is 53.1 Å². The molecule has 1 saturated heterocycles. The van der Waals surface area contributed by atoms with Crippen LogP contribution in [0.3, 0.4) is 0 Å². The van der Waals surface area contributed by atoms with E-state index in [2.05, 4.69) is 52.8 Å². The zero-order chi connectivity index (χ0) is 46.2. The standard InChI is InChI=1S/C35H61N13O11S2/c1-17(2)9-22-32(56)48-24(16-61-60-15-20(36)30(54)43-13-27(51)41-11-25(49)40-12-26(50)42-14-28(52)45-22)33(57)47-23(10-18(3)4)31(55)44-19(5)29(53)46-21(34(58)59)7-6-8-39-35(37)38/h17-24H,6-16,36H2,1-5H3,(H,40,49)(H,41,51)(H,42,50)(H,43,54)(H,44,55)(H,45,52)(H,46,53)(H,47,57)(H,48,56)(H,58,59)(H4,37,38,39)/t19-,20-,21-,22-,23-,24-/m0/s1. The molecule has 0 radical (unpaired) electrons. The molecule has 0 bridgehead atoms. The number of rotatable bonds is 15. The number of nitrogens with two attached hydrogens (primary N) is 3. The molecule has 9 amide bonds. The van der Waals surface area contributed by atoms with E-state index in [0.717, 1.165) is 21.6 Å². The topological polar surface area (TPSA) is 390 Å². The number of aliphatic imine (C=N–C) groups is 1. The van der Waals surface area contributed by atoms with E-state index in [1.807, 2.05) is 0 Å². The number of carbonyl (C=O) groups excluding carboxylic acids is 9. The summed E-state index contributed by atoms with van der Waals surface area (Å²) in [5.41, 5.74) is 16.6. The summed E-state index contributed by atoms with van der Waals surface area (Å²) in [4.78, 5) is 132. The highest BCUT2D eigenvalue weighted by Crippen LogP contribution is 2.23. The Balaban J connectivity index is 3.29. The summed E-state index contributed by atoms with van der Waals surface area (Å²) in [5.74, 6) is -8.71. The third kappa shape index (κ3) is 23.3. The van der Waals surface area contributed by atoms with E-state index < -0.39 is 122 Å². The molecule has 1 heterocycles. The Labute approximate surface area is 361 Å². The second-order valence-corrected chi connectivity index (χ2v) is 17.4. The van der Waals surface area contributed by atoms with Crippen LogP contribution in [-0.4, -0.2) is 151 Å². The molecule has 6 atom stereocenters. The highest BCUT2D eigenvalue weighted by atomic mass is 33.1. The van der Waals surface area contributed by atoms with Crippen molar-refractivity contribution in [2.45, 2.75) is 96.6 Å². The lowest BCUT2D eigenvalue weighted by atomic mass is 10.0. The van der Waals surface area contributed by atoms with Gasteiger partial charge in [0.25, 0.3) is 0 Å². The number of hydrogen-bond donors (Lipinski definition) is 13. The van der Waals surface area contributed by atoms with Crippen molar-refractivity contribution >= 4 is 86.7 Å². The second kappa shape index (κ2) is 28.2. The lowest BCUT2D eigenvalue weighted by molar-refractivity contribution is -0.142. The average Bonchev–Trinajstić information content (AvgIpc) is 3.17.